The number of thiophene rings is 1. The number of aromatic nitrogens is 2. The highest BCUT2D eigenvalue weighted by Gasteiger charge is 2.03. The summed E-state index contributed by atoms with van der Waals surface area (Å²) in [5.74, 6) is 0. The maximum atomic E-state index is 4.61. The first-order valence-electron chi connectivity index (χ1n) is 4.86. The molecule has 2 aromatic rings. The zero-order valence-corrected chi connectivity index (χ0v) is 9.38. The van der Waals surface area contributed by atoms with Crippen LogP contribution >= 0.6 is 11.3 Å². The first-order valence-corrected chi connectivity index (χ1v) is 5.80. The van der Waals surface area contributed by atoms with Crippen molar-refractivity contribution < 1.29 is 4.63 Å². The molecular formula is C10H13N3OS. The Bertz CT molecular complexity index is 396. The molecule has 2 heterocycles. The molecule has 0 aliphatic rings. The number of nitrogens with one attached hydrogen (secondary N) is 1. The summed E-state index contributed by atoms with van der Waals surface area (Å²) >= 11 is 1.73. The molecule has 0 saturated carbocycles. The van der Waals surface area contributed by atoms with Gasteiger partial charge in [0.25, 0.3) is 0 Å². The van der Waals surface area contributed by atoms with Crippen LogP contribution < -0.4 is 5.32 Å². The van der Waals surface area contributed by atoms with Crippen molar-refractivity contribution in [3.8, 4) is 0 Å². The third-order valence-corrected chi connectivity index (χ3v) is 2.94. The van der Waals surface area contributed by atoms with E-state index in [4.69, 9.17) is 0 Å². The molecule has 0 aliphatic carbocycles. The maximum absolute atomic E-state index is 4.61. The highest BCUT2D eigenvalue weighted by Crippen LogP contribution is 2.06. The number of aryl methyl sites for hydroxylation is 1. The largest absolute Gasteiger partial charge is 0.311 e. The van der Waals surface area contributed by atoms with E-state index in [1.54, 1.807) is 11.3 Å². The summed E-state index contributed by atoms with van der Waals surface area (Å²) in [5.41, 5.74) is 3.13. The third kappa shape index (κ3) is 2.87. The Morgan fingerprint density at radius 1 is 1.47 bits per heavy atom. The molecule has 0 fully saturated rings. The van der Waals surface area contributed by atoms with Crippen LogP contribution in [0.5, 0.6) is 0 Å². The lowest BCUT2D eigenvalue weighted by Crippen LogP contribution is -2.17. The Balaban J connectivity index is 1.70. The summed E-state index contributed by atoms with van der Waals surface area (Å²) in [6.07, 6.45) is 1.05. The van der Waals surface area contributed by atoms with Gasteiger partial charge in [-0.2, -0.15) is 11.3 Å². The summed E-state index contributed by atoms with van der Waals surface area (Å²) in [6, 6.07) is 2.15. The van der Waals surface area contributed by atoms with Crippen LogP contribution in [0.3, 0.4) is 0 Å². The lowest BCUT2D eigenvalue weighted by atomic mass is 10.2. The summed E-state index contributed by atoms with van der Waals surface area (Å²) < 4.78 is 4.61. The summed E-state index contributed by atoms with van der Waals surface area (Å²) in [4.78, 5) is 0. The van der Waals surface area contributed by atoms with Gasteiger partial charge in [-0.25, -0.2) is 4.63 Å². The van der Waals surface area contributed by atoms with Gasteiger partial charge in [-0.1, -0.05) is 10.3 Å². The van der Waals surface area contributed by atoms with Gasteiger partial charge >= 0.3 is 0 Å². The number of rotatable bonds is 5. The normalized spacial score (nSPS) is 10.7. The minimum Gasteiger partial charge on any atom is -0.311 e. The van der Waals surface area contributed by atoms with E-state index in [1.807, 2.05) is 6.92 Å². The molecule has 0 atom stereocenters. The molecule has 0 unspecified atom stereocenters. The van der Waals surface area contributed by atoms with Gasteiger partial charge in [0.2, 0.25) is 0 Å². The molecule has 0 aliphatic heterocycles. The van der Waals surface area contributed by atoms with Crippen LogP contribution in [-0.4, -0.2) is 16.9 Å². The fraction of sp³-hybridized carbons (Fsp3) is 0.400. The lowest BCUT2D eigenvalue weighted by Gasteiger charge is -2.00. The number of hydrogen-bond donors (Lipinski definition) is 1. The van der Waals surface area contributed by atoms with Crippen molar-refractivity contribution in [3.63, 3.8) is 0 Å². The zero-order valence-electron chi connectivity index (χ0n) is 8.56. The van der Waals surface area contributed by atoms with E-state index in [1.165, 1.54) is 5.56 Å². The van der Waals surface area contributed by atoms with Crippen molar-refractivity contribution in [1.29, 1.82) is 0 Å². The second-order valence-electron chi connectivity index (χ2n) is 3.35. The highest BCUT2D eigenvalue weighted by molar-refractivity contribution is 7.07. The predicted octanol–water partition coefficient (Wildman–Crippen LogP) is 1.77. The van der Waals surface area contributed by atoms with E-state index in [2.05, 4.69) is 37.1 Å². The van der Waals surface area contributed by atoms with E-state index in [-0.39, 0.29) is 0 Å². The fourth-order valence-corrected chi connectivity index (χ4v) is 1.99. The van der Waals surface area contributed by atoms with Crippen LogP contribution in [0, 0.1) is 6.92 Å². The first-order chi connectivity index (χ1) is 7.36. The molecule has 5 heteroatoms. The average Bonchev–Trinajstić information content (AvgIpc) is 2.85. The minimum atomic E-state index is 0.722. The Morgan fingerprint density at radius 3 is 3.07 bits per heavy atom. The summed E-state index contributed by atoms with van der Waals surface area (Å²) in [7, 11) is 0. The van der Waals surface area contributed by atoms with Gasteiger partial charge in [0.1, 0.15) is 11.4 Å². The van der Waals surface area contributed by atoms with Gasteiger partial charge in [0.05, 0.1) is 0 Å². The third-order valence-electron chi connectivity index (χ3n) is 2.21. The predicted molar refractivity (Wildman–Crippen MR) is 58.8 cm³/mol. The fourth-order valence-electron chi connectivity index (χ4n) is 1.28. The molecular weight excluding hydrogens is 210 g/mol. The van der Waals surface area contributed by atoms with Crippen LogP contribution in [0.2, 0.25) is 0 Å². The van der Waals surface area contributed by atoms with Crippen molar-refractivity contribution in [2.24, 2.45) is 0 Å². The van der Waals surface area contributed by atoms with Crippen molar-refractivity contribution in [2.75, 3.05) is 6.54 Å². The Labute approximate surface area is 92.3 Å². The molecule has 80 valence electrons. The first kappa shape index (κ1) is 10.3. The summed E-state index contributed by atoms with van der Waals surface area (Å²) in [6.45, 7) is 3.56. The van der Waals surface area contributed by atoms with Crippen molar-refractivity contribution in [1.82, 2.24) is 15.6 Å². The molecule has 2 aromatic heterocycles. The van der Waals surface area contributed by atoms with E-state index in [0.717, 1.165) is 30.9 Å². The molecule has 0 saturated heterocycles. The molecule has 0 radical (unpaired) electrons. The van der Waals surface area contributed by atoms with Crippen LogP contribution in [0.4, 0.5) is 0 Å². The van der Waals surface area contributed by atoms with Crippen molar-refractivity contribution in [3.05, 3.63) is 33.8 Å². The van der Waals surface area contributed by atoms with Gasteiger partial charge in [-0.3, -0.25) is 0 Å². The topological polar surface area (TPSA) is 51.0 Å². The Kier molecular flexibility index (Phi) is 3.47. The molecule has 0 amide bonds. The van der Waals surface area contributed by atoms with Crippen LogP contribution in [0.1, 0.15) is 17.0 Å². The quantitative estimate of drug-likeness (QED) is 0.785. The summed E-state index contributed by atoms with van der Waals surface area (Å²) in [5, 5.41) is 15.1. The van der Waals surface area contributed by atoms with Crippen molar-refractivity contribution in [2.45, 2.75) is 19.9 Å². The van der Waals surface area contributed by atoms with Gasteiger partial charge < -0.3 is 5.32 Å². The van der Waals surface area contributed by atoms with E-state index >= 15 is 0 Å². The van der Waals surface area contributed by atoms with Crippen LogP contribution in [0.15, 0.2) is 21.5 Å². The molecule has 2 rings (SSSR count). The average molecular weight is 223 g/mol. The van der Waals surface area contributed by atoms with Gasteiger partial charge in [0.15, 0.2) is 0 Å². The smallest absolute Gasteiger partial charge is 0.121 e. The molecule has 0 aromatic carbocycles. The monoisotopic (exact) mass is 223 g/mol. The van der Waals surface area contributed by atoms with Crippen LogP contribution in [-0.2, 0) is 13.0 Å². The van der Waals surface area contributed by atoms with Gasteiger partial charge in [-0.05, 0) is 42.3 Å². The molecule has 15 heavy (non-hydrogen) atoms. The number of nitrogens with zero attached hydrogens (tertiary/aromatic N) is 2. The Morgan fingerprint density at radius 2 is 2.40 bits per heavy atom. The molecule has 0 bridgehead atoms. The van der Waals surface area contributed by atoms with Crippen molar-refractivity contribution >= 4 is 11.3 Å². The maximum Gasteiger partial charge on any atom is 0.121 e. The molecule has 4 nitrogen and oxygen atoms in total. The molecule has 1 N–H and O–H groups in total. The standard InChI is InChI=1S/C10H13N3OS/c1-8-10(13-14-12-8)6-11-4-2-9-3-5-15-7-9/h3,5,7,11H,2,4,6H2,1H3. The van der Waals surface area contributed by atoms with E-state index in [0.29, 0.717) is 0 Å². The van der Waals surface area contributed by atoms with Crippen LogP contribution in [0.25, 0.3) is 0 Å². The lowest BCUT2D eigenvalue weighted by molar-refractivity contribution is 0.300. The molecule has 0 spiro atoms. The second kappa shape index (κ2) is 5.04. The highest BCUT2D eigenvalue weighted by atomic mass is 32.1. The van der Waals surface area contributed by atoms with Gasteiger partial charge in [0, 0.05) is 6.54 Å². The van der Waals surface area contributed by atoms with E-state index in [9.17, 15) is 0 Å². The number of hydrogen-bond acceptors (Lipinski definition) is 5. The van der Waals surface area contributed by atoms with Gasteiger partial charge in [-0.15, -0.1) is 0 Å². The minimum absolute atomic E-state index is 0.722. The van der Waals surface area contributed by atoms with E-state index < -0.39 is 0 Å². The zero-order chi connectivity index (χ0) is 10.5. The SMILES string of the molecule is Cc1nonc1CNCCc1ccsc1. The second-order valence-corrected chi connectivity index (χ2v) is 4.13. The Hall–Kier alpha value is -1.20.